The van der Waals surface area contributed by atoms with Crippen molar-refractivity contribution < 1.29 is 4.42 Å². The highest BCUT2D eigenvalue weighted by molar-refractivity contribution is 7.26. The lowest BCUT2D eigenvalue weighted by molar-refractivity contribution is 0.669. The number of hydrogen-bond donors (Lipinski definition) is 0. The minimum Gasteiger partial charge on any atom is -0.454 e. The molecule has 7 aromatic carbocycles. The lowest BCUT2D eigenvalue weighted by atomic mass is 9.98. The van der Waals surface area contributed by atoms with Crippen LogP contribution in [0, 0.1) is 0 Å². The van der Waals surface area contributed by atoms with E-state index >= 15 is 0 Å². The van der Waals surface area contributed by atoms with E-state index in [9.17, 15) is 0 Å². The maximum Gasteiger partial charge on any atom is 0.159 e. The summed E-state index contributed by atoms with van der Waals surface area (Å²) in [6.45, 7) is 0. The molecule has 0 spiro atoms. The molecule has 0 unspecified atom stereocenters. The summed E-state index contributed by atoms with van der Waals surface area (Å²) in [4.78, 5) is 2.43. The van der Waals surface area contributed by atoms with E-state index in [1.54, 1.807) is 0 Å². The Morgan fingerprint density at radius 1 is 0.512 bits per heavy atom. The summed E-state index contributed by atoms with van der Waals surface area (Å²) in [7, 11) is 0. The minimum atomic E-state index is 0.883. The smallest absolute Gasteiger partial charge is 0.159 e. The third-order valence-electron chi connectivity index (χ3n) is 8.44. The third kappa shape index (κ3) is 3.79. The topological polar surface area (TPSA) is 16.4 Å². The summed E-state index contributed by atoms with van der Waals surface area (Å²) in [6.07, 6.45) is 0. The van der Waals surface area contributed by atoms with Gasteiger partial charge in [0.15, 0.2) is 5.58 Å². The molecule has 0 aliphatic carbocycles. The van der Waals surface area contributed by atoms with Gasteiger partial charge in [0.1, 0.15) is 5.58 Å². The predicted molar refractivity (Wildman–Crippen MR) is 184 cm³/mol. The number of rotatable bonds is 4. The van der Waals surface area contributed by atoms with Gasteiger partial charge in [0, 0.05) is 37.5 Å². The summed E-state index contributed by atoms with van der Waals surface area (Å²) < 4.78 is 9.21. The molecule has 0 atom stereocenters. The normalized spacial score (nSPS) is 11.7. The van der Waals surface area contributed by atoms with Gasteiger partial charge in [0.05, 0.1) is 16.1 Å². The van der Waals surface area contributed by atoms with Crippen molar-refractivity contribution in [2.75, 3.05) is 4.90 Å². The van der Waals surface area contributed by atoms with Gasteiger partial charge in [-0.05, 0) is 46.7 Å². The van der Waals surface area contributed by atoms with Crippen molar-refractivity contribution in [2.24, 2.45) is 0 Å². The fourth-order valence-corrected chi connectivity index (χ4v) is 7.70. The molecule has 0 amide bonds. The number of fused-ring (bicyclic) bond motifs is 7. The molecule has 0 fully saturated rings. The Hall–Kier alpha value is -5.38. The first-order valence-electron chi connectivity index (χ1n) is 14.5. The zero-order valence-corrected chi connectivity index (χ0v) is 24.0. The summed E-state index contributed by atoms with van der Waals surface area (Å²) >= 11 is 1.86. The number of anilines is 3. The molecule has 0 saturated carbocycles. The Labute approximate surface area is 252 Å². The van der Waals surface area contributed by atoms with Crippen LogP contribution in [0.2, 0.25) is 0 Å². The van der Waals surface area contributed by atoms with Gasteiger partial charge >= 0.3 is 0 Å². The van der Waals surface area contributed by atoms with Crippen LogP contribution in [0.3, 0.4) is 0 Å². The van der Waals surface area contributed by atoms with E-state index in [4.69, 9.17) is 4.42 Å². The van der Waals surface area contributed by atoms with Crippen LogP contribution in [-0.4, -0.2) is 0 Å². The molecule has 0 bridgehead atoms. The van der Waals surface area contributed by atoms with Gasteiger partial charge in [0.25, 0.3) is 0 Å². The molecular weight excluding hydrogens is 543 g/mol. The molecule has 0 radical (unpaired) electrons. The first kappa shape index (κ1) is 24.2. The van der Waals surface area contributed by atoms with Crippen molar-refractivity contribution in [1.29, 1.82) is 0 Å². The van der Waals surface area contributed by atoms with Gasteiger partial charge < -0.3 is 9.32 Å². The number of benzene rings is 7. The van der Waals surface area contributed by atoms with Crippen LogP contribution in [0.4, 0.5) is 17.1 Å². The molecule has 0 aliphatic heterocycles. The fourth-order valence-electron chi connectivity index (χ4n) is 6.46. The zero-order valence-electron chi connectivity index (χ0n) is 23.2. The lowest BCUT2D eigenvalue weighted by Gasteiger charge is -2.29. The molecular formula is C40H25NOS. The molecule has 2 nitrogen and oxygen atoms in total. The molecule has 2 heterocycles. The SMILES string of the molecule is c1ccc(-c2ccc3c(sc4ccccc43)c2N(c2ccc3ccccc3c2)c2cccc3c2oc2ccccc23)cc1. The van der Waals surface area contributed by atoms with E-state index in [-0.39, 0.29) is 0 Å². The molecule has 43 heavy (non-hydrogen) atoms. The second-order valence-electron chi connectivity index (χ2n) is 10.9. The Balaban J connectivity index is 1.45. The van der Waals surface area contributed by atoms with Crippen LogP contribution in [-0.2, 0) is 0 Å². The van der Waals surface area contributed by atoms with Crippen molar-refractivity contribution >= 4 is 81.3 Å². The Bertz CT molecular complexity index is 2470. The van der Waals surface area contributed by atoms with E-state index in [2.05, 4.69) is 150 Å². The highest BCUT2D eigenvalue weighted by Crippen LogP contribution is 2.51. The highest BCUT2D eigenvalue weighted by atomic mass is 32.1. The average Bonchev–Trinajstić information content (AvgIpc) is 3.64. The van der Waals surface area contributed by atoms with E-state index in [1.807, 2.05) is 17.4 Å². The van der Waals surface area contributed by atoms with Gasteiger partial charge in [-0.2, -0.15) is 0 Å². The summed E-state index contributed by atoms with van der Waals surface area (Å²) in [5.41, 5.74) is 7.41. The average molecular weight is 568 g/mol. The van der Waals surface area contributed by atoms with Crippen LogP contribution < -0.4 is 4.90 Å². The molecule has 202 valence electrons. The summed E-state index contributed by atoms with van der Waals surface area (Å²) in [5.74, 6) is 0. The van der Waals surface area contributed by atoms with Crippen LogP contribution in [0.15, 0.2) is 156 Å². The van der Waals surface area contributed by atoms with Gasteiger partial charge in [-0.3, -0.25) is 0 Å². The molecule has 9 aromatic rings. The molecule has 2 aromatic heterocycles. The molecule has 9 rings (SSSR count). The second kappa shape index (κ2) is 9.59. The molecule has 0 aliphatic rings. The fraction of sp³-hybridized carbons (Fsp3) is 0. The Morgan fingerprint density at radius 3 is 2.16 bits per heavy atom. The third-order valence-corrected chi connectivity index (χ3v) is 9.64. The predicted octanol–water partition coefficient (Wildman–Crippen LogP) is 12.2. The molecule has 0 N–H and O–H groups in total. The first-order valence-corrected chi connectivity index (χ1v) is 15.3. The summed E-state index contributed by atoms with van der Waals surface area (Å²) in [6, 6.07) is 54.2. The number of hydrogen-bond acceptors (Lipinski definition) is 3. The van der Waals surface area contributed by atoms with E-state index < -0.39 is 0 Å². The van der Waals surface area contributed by atoms with Crippen LogP contribution in [0.25, 0.3) is 64.0 Å². The Morgan fingerprint density at radius 2 is 1.26 bits per heavy atom. The number of thiophene rings is 1. The minimum absolute atomic E-state index is 0.883. The zero-order chi connectivity index (χ0) is 28.3. The van der Waals surface area contributed by atoms with E-state index in [1.165, 1.54) is 42.1 Å². The number of nitrogens with zero attached hydrogens (tertiary/aromatic N) is 1. The van der Waals surface area contributed by atoms with Crippen molar-refractivity contribution in [2.45, 2.75) is 0 Å². The molecule has 3 heteroatoms. The second-order valence-corrected chi connectivity index (χ2v) is 12.0. The van der Waals surface area contributed by atoms with E-state index in [0.717, 1.165) is 39.0 Å². The largest absolute Gasteiger partial charge is 0.454 e. The van der Waals surface area contributed by atoms with Crippen molar-refractivity contribution in [3.63, 3.8) is 0 Å². The lowest BCUT2D eigenvalue weighted by Crippen LogP contribution is -2.12. The van der Waals surface area contributed by atoms with Gasteiger partial charge in [-0.1, -0.05) is 121 Å². The van der Waals surface area contributed by atoms with Crippen molar-refractivity contribution in [3.8, 4) is 11.1 Å². The standard InChI is InChI=1S/C40H25NOS/c1-2-12-27(13-3-1)30-23-24-34-32-16-7-9-20-37(32)43-40(34)38(30)41(29-22-21-26-11-4-5-14-28(26)25-29)35-18-10-17-33-31-15-6-8-19-36(31)42-39(33)35/h1-25H. The molecule has 0 saturated heterocycles. The monoisotopic (exact) mass is 567 g/mol. The highest BCUT2D eigenvalue weighted by Gasteiger charge is 2.25. The van der Waals surface area contributed by atoms with Crippen LogP contribution in [0.5, 0.6) is 0 Å². The van der Waals surface area contributed by atoms with Gasteiger partial charge in [-0.15, -0.1) is 11.3 Å². The number of furan rings is 1. The van der Waals surface area contributed by atoms with E-state index in [0.29, 0.717) is 0 Å². The van der Waals surface area contributed by atoms with Crippen molar-refractivity contribution in [1.82, 2.24) is 0 Å². The Kier molecular flexibility index (Phi) is 5.40. The quantitative estimate of drug-likeness (QED) is 0.210. The van der Waals surface area contributed by atoms with Crippen LogP contribution >= 0.6 is 11.3 Å². The summed E-state index contributed by atoms with van der Waals surface area (Å²) in [5, 5.41) is 7.20. The van der Waals surface area contributed by atoms with Crippen LogP contribution in [0.1, 0.15) is 0 Å². The van der Waals surface area contributed by atoms with Crippen molar-refractivity contribution in [3.05, 3.63) is 152 Å². The first-order chi connectivity index (χ1) is 21.3. The maximum atomic E-state index is 6.67. The van der Waals surface area contributed by atoms with Gasteiger partial charge in [0.2, 0.25) is 0 Å². The van der Waals surface area contributed by atoms with Gasteiger partial charge in [-0.25, -0.2) is 0 Å². The maximum absolute atomic E-state index is 6.67. The number of para-hydroxylation sites is 2.